The van der Waals surface area contributed by atoms with Gasteiger partial charge >= 0.3 is 6.18 Å². The number of carbonyl (C=O) groups excluding carboxylic acids is 1. The van der Waals surface area contributed by atoms with Crippen LogP contribution in [0.25, 0.3) is 11.3 Å². The first-order valence-electron chi connectivity index (χ1n) is 9.93. The Bertz CT molecular complexity index is 1390. The molecule has 6 nitrogen and oxygen atoms in total. The van der Waals surface area contributed by atoms with E-state index in [1.807, 2.05) is 0 Å². The number of benzene rings is 2. The van der Waals surface area contributed by atoms with E-state index in [0.717, 1.165) is 12.1 Å². The lowest BCUT2D eigenvalue weighted by Crippen LogP contribution is -2.19. The molecule has 0 unspecified atom stereocenters. The molecular weight excluding hydrogens is 524 g/mol. The number of aromatic nitrogens is 1. The average molecular weight is 539 g/mol. The maximum Gasteiger partial charge on any atom is 0.416 e. The van der Waals surface area contributed by atoms with Gasteiger partial charge in [-0.3, -0.25) is 4.79 Å². The number of nitrogens with zero attached hydrogens (tertiary/aromatic N) is 2. The standard InChI is InChI=1S/C23H15Cl2F3N4O2S/c24-14-4-6-18(19(25)9-14)20-7-5-17(34-20)11-29-32-21(33)10-16-12-35-22(31-16)30-15-3-1-2-13(8-15)23(26,27)28/h1-9,11-12H,10H2,(H,30,31)(H,32,33)/b29-11+. The summed E-state index contributed by atoms with van der Waals surface area (Å²) in [6.45, 7) is 0. The van der Waals surface area contributed by atoms with E-state index in [1.165, 1.54) is 29.7 Å². The Morgan fingerprint density at radius 3 is 2.74 bits per heavy atom. The summed E-state index contributed by atoms with van der Waals surface area (Å²) in [5, 5.41) is 9.62. The van der Waals surface area contributed by atoms with Crippen LogP contribution < -0.4 is 10.7 Å². The molecule has 0 aliphatic heterocycles. The molecule has 12 heteroatoms. The van der Waals surface area contributed by atoms with Gasteiger partial charge in [0.25, 0.3) is 0 Å². The Kier molecular flexibility index (Phi) is 7.44. The maximum atomic E-state index is 12.9. The first-order valence-corrected chi connectivity index (χ1v) is 11.6. The van der Waals surface area contributed by atoms with Gasteiger partial charge in [0.2, 0.25) is 5.91 Å². The molecule has 35 heavy (non-hydrogen) atoms. The van der Waals surface area contributed by atoms with Crippen LogP contribution in [-0.4, -0.2) is 17.1 Å². The second-order valence-electron chi connectivity index (χ2n) is 7.14. The predicted molar refractivity (Wildman–Crippen MR) is 130 cm³/mol. The number of amides is 1. The van der Waals surface area contributed by atoms with Crippen LogP contribution in [-0.2, 0) is 17.4 Å². The highest BCUT2D eigenvalue weighted by molar-refractivity contribution is 7.13. The number of furan rings is 1. The van der Waals surface area contributed by atoms with E-state index in [0.29, 0.717) is 38.0 Å². The molecule has 0 saturated carbocycles. The molecule has 0 saturated heterocycles. The van der Waals surface area contributed by atoms with E-state index in [-0.39, 0.29) is 12.1 Å². The maximum absolute atomic E-state index is 12.9. The average Bonchev–Trinajstić information content (AvgIpc) is 3.43. The summed E-state index contributed by atoms with van der Waals surface area (Å²) in [6.07, 6.45) is -3.17. The van der Waals surface area contributed by atoms with Crippen molar-refractivity contribution < 1.29 is 22.4 Å². The second kappa shape index (κ2) is 10.5. The first kappa shape index (κ1) is 24.8. The number of anilines is 2. The number of nitrogens with one attached hydrogen (secondary N) is 2. The van der Waals surface area contributed by atoms with Crippen LogP contribution in [0.1, 0.15) is 17.0 Å². The monoisotopic (exact) mass is 538 g/mol. The van der Waals surface area contributed by atoms with Crippen molar-refractivity contribution in [2.75, 3.05) is 5.32 Å². The third-order valence-corrected chi connectivity index (χ3v) is 5.89. The summed E-state index contributed by atoms with van der Waals surface area (Å²) >= 11 is 13.2. The Morgan fingerprint density at radius 2 is 1.97 bits per heavy atom. The van der Waals surface area contributed by atoms with Crippen molar-refractivity contribution in [3.63, 3.8) is 0 Å². The minimum absolute atomic E-state index is 0.0676. The van der Waals surface area contributed by atoms with Gasteiger partial charge in [-0.25, -0.2) is 10.4 Å². The topological polar surface area (TPSA) is 79.5 Å². The Labute approximate surface area is 211 Å². The third kappa shape index (κ3) is 6.62. The SMILES string of the molecule is O=C(Cc1csc(Nc2cccc(C(F)(F)F)c2)n1)N/N=C/c1ccc(-c2ccc(Cl)cc2Cl)o1. The van der Waals surface area contributed by atoms with Crippen LogP contribution in [0.5, 0.6) is 0 Å². The molecule has 1 amide bonds. The van der Waals surface area contributed by atoms with Crippen molar-refractivity contribution >= 4 is 57.5 Å². The lowest BCUT2D eigenvalue weighted by molar-refractivity contribution is -0.137. The Balaban J connectivity index is 1.31. The largest absolute Gasteiger partial charge is 0.455 e. The van der Waals surface area contributed by atoms with Gasteiger partial charge in [0.1, 0.15) is 11.5 Å². The van der Waals surface area contributed by atoms with Crippen LogP contribution >= 0.6 is 34.5 Å². The zero-order valence-corrected chi connectivity index (χ0v) is 19.9. The molecule has 4 rings (SSSR count). The van der Waals surface area contributed by atoms with Crippen molar-refractivity contribution in [2.24, 2.45) is 5.10 Å². The van der Waals surface area contributed by atoms with Crippen LogP contribution in [0, 0.1) is 0 Å². The van der Waals surface area contributed by atoms with Crippen molar-refractivity contribution in [3.05, 3.63) is 87.0 Å². The molecule has 0 aliphatic carbocycles. The molecule has 2 heterocycles. The fourth-order valence-electron chi connectivity index (χ4n) is 2.97. The highest BCUT2D eigenvalue weighted by Gasteiger charge is 2.30. The summed E-state index contributed by atoms with van der Waals surface area (Å²) in [7, 11) is 0. The number of rotatable bonds is 7. The quantitative estimate of drug-likeness (QED) is 0.193. The zero-order valence-electron chi connectivity index (χ0n) is 17.6. The lowest BCUT2D eigenvalue weighted by atomic mass is 10.2. The van der Waals surface area contributed by atoms with Crippen molar-refractivity contribution in [3.8, 4) is 11.3 Å². The molecule has 0 bridgehead atoms. The number of hydrazone groups is 1. The third-order valence-electron chi connectivity index (χ3n) is 4.54. The molecule has 2 aromatic heterocycles. The van der Waals surface area contributed by atoms with Crippen LogP contribution in [0.4, 0.5) is 24.0 Å². The van der Waals surface area contributed by atoms with Crippen molar-refractivity contribution in [1.29, 1.82) is 0 Å². The predicted octanol–water partition coefficient (Wildman–Crippen LogP) is 7.17. The molecule has 180 valence electrons. The number of carbonyl (C=O) groups is 1. The van der Waals surface area contributed by atoms with E-state index in [9.17, 15) is 18.0 Å². The molecular formula is C23H15Cl2F3N4O2S. The van der Waals surface area contributed by atoms with E-state index < -0.39 is 17.6 Å². The minimum Gasteiger partial charge on any atom is -0.455 e. The molecule has 4 aromatic rings. The van der Waals surface area contributed by atoms with Crippen molar-refractivity contribution in [2.45, 2.75) is 12.6 Å². The normalized spacial score (nSPS) is 11.7. The molecule has 0 aliphatic rings. The summed E-state index contributed by atoms with van der Waals surface area (Å²) in [5.74, 6) is 0.486. The number of hydrogen-bond donors (Lipinski definition) is 2. The highest BCUT2D eigenvalue weighted by atomic mass is 35.5. The molecule has 2 aromatic carbocycles. The van der Waals surface area contributed by atoms with Gasteiger partial charge in [-0.15, -0.1) is 11.3 Å². The van der Waals surface area contributed by atoms with Gasteiger partial charge in [0.15, 0.2) is 5.13 Å². The van der Waals surface area contributed by atoms with Gasteiger partial charge < -0.3 is 9.73 Å². The number of alkyl halides is 3. The summed E-state index contributed by atoms with van der Waals surface area (Å²) < 4.78 is 44.2. The molecule has 0 atom stereocenters. The van der Waals surface area contributed by atoms with E-state index in [2.05, 4.69) is 20.8 Å². The van der Waals surface area contributed by atoms with E-state index >= 15 is 0 Å². The fraction of sp³-hybridized carbons (Fsp3) is 0.0870. The molecule has 0 fully saturated rings. The van der Waals surface area contributed by atoms with E-state index in [4.69, 9.17) is 27.6 Å². The zero-order chi connectivity index (χ0) is 25.0. The van der Waals surface area contributed by atoms with E-state index in [1.54, 1.807) is 35.7 Å². The van der Waals surface area contributed by atoms with Gasteiger partial charge in [-0.2, -0.15) is 18.3 Å². The van der Waals surface area contributed by atoms with Gasteiger partial charge in [0.05, 0.1) is 28.9 Å². The fourth-order valence-corrected chi connectivity index (χ4v) is 4.20. The molecule has 0 spiro atoms. The summed E-state index contributed by atoms with van der Waals surface area (Å²) in [4.78, 5) is 16.4. The van der Waals surface area contributed by atoms with Crippen molar-refractivity contribution in [1.82, 2.24) is 10.4 Å². The number of thiazole rings is 1. The number of halogens is 5. The molecule has 0 radical (unpaired) electrons. The summed E-state index contributed by atoms with van der Waals surface area (Å²) in [6, 6.07) is 13.2. The van der Waals surface area contributed by atoms with Crippen LogP contribution in [0.15, 0.2) is 69.5 Å². The van der Waals surface area contributed by atoms with Gasteiger partial charge in [0, 0.05) is 21.7 Å². The minimum atomic E-state index is -4.44. The lowest BCUT2D eigenvalue weighted by Gasteiger charge is -2.08. The molecule has 2 N–H and O–H groups in total. The van der Waals surface area contributed by atoms with Gasteiger partial charge in [-0.05, 0) is 48.5 Å². The second-order valence-corrected chi connectivity index (χ2v) is 8.85. The first-order chi connectivity index (χ1) is 16.7. The Morgan fingerprint density at radius 1 is 1.14 bits per heavy atom. The number of hydrogen-bond acceptors (Lipinski definition) is 6. The summed E-state index contributed by atoms with van der Waals surface area (Å²) in [5.41, 5.74) is 2.96. The Hall–Kier alpha value is -3.34. The highest BCUT2D eigenvalue weighted by Crippen LogP contribution is 2.32. The smallest absolute Gasteiger partial charge is 0.416 e. The van der Waals surface area contributed by atoms with Crippen LogP contribution in [0.2, 0.25) is 10.0 Å². The van der Waals surface area contributed by atoms with Gasteiger partial charge in [-0.1, -0.05) is 29.3 Å². The van der Waals surface area contributed by atoms with Crippen LogP contribution in [0.3, 0.4) is 0 Å².